The Labute approximate surface area is 83.1 Å². The van der Waals surface area contributed by atoms with Crippen molar-refractivity contribution in [3.8, 4) is 0 Å². The Morgan fingerprint density at radius 2 is 1.77 bits per heavy atom. The largest absolute Gasteiger partial charge is 0.330 e. The molecule has 0 aliphatic rings. The summed E-state index contributed by atoms with van der Waals surface area (Å²) in [7, 11) is 0. The second-order valence-corrected chi connectivity index (χ2v) is 4.03. The zero-order chi connectivity index (χ0) is 10.1. The minimum Gasteiger partial charge on any atom is -0.330 e. The average Bonchev–Trinajstić information content (AvgIpc) is 2.12. The minimum absolute atomic E-state index is 0.371. The molecule has 0 radical (unpaired) electrons. The molecule has 0 saturated heterocycles. The van der Waals surface area contributed by atoms with Gasteiger partial charge in [-0.05, 0) is 31.7 Å². The van der Waals surface area contributed by atoms with E-state index in [2.05, 4.69) is 13.8 Å². The highest BCUT2D eigenvalue weighted by Gasteiger charge is 2.10. The van der Waals surface area contributed by atoms with E-state index in [-0.39, 0.29) is 0 Å². The van der Waals surface area contributed by atoms with Crippen molar-refractivity contribution in [2.24, 2.45) is 17.4 Å². The van der Waals surface area contributed by atoms with Gasteiger partial charge in [-0.2, -0.15) is 0 Å². The lowest BCUT2D eigenvalue weighted by molar-refractivity contribution is 0.390. The van der Waals surface area contributed by atoms with Crippen LogP contribution in [0.2, 0.25) is 0 Å². The third-order valence-electron chi connectivity index (χ3n) is 2.59. The van der Waals surface area contributed by atoms with E-state index in [1.807, 2.05) is 0 Å². The summed E-state index contributed by atoms with van der Waals surface area (Å²) >= 11 is 0. The molecular formula is C11H26N2. The van der Waals surface area contributed by atoms with Crippen molar-refractivity contribution in [2.75, 3.05) is 6.54 Å². The standard InChI is InChI=1S/C11H26N2/c1-3-5-7-10(9-12)8-11(13)6-4-2/h10-11H,3-9,12-13H2,1-2H3. The van der Waals surface area contributed by atoms with E-state index < -0.39 is 0 Å². The Morgan fingerprint density at radius 1 is 1.08 bits per heavy atom. The predicted molar refractivity (Wildman–Crippen MR) is 59.6 cm³/mol. The Hall–Kier alpha value is -0.0800. The molecule has 0 fully saturated rings. The van der Waals surface area contributed by atoms with E-state index in [1.54, 1.807) is 0 Å². The first-order valence-corrected chi connectivity index (χ1v) is 5.70. The van der Waals surface area contributed by atoms with Gasteiger partial charge in [0.15, 0.2) is 0 Å². The zero-order valence-corrected chi connectivity index (χ0v) is 9.26. The van der Waals surface area contributed by atoms with Crippen molar-refractivity contribution < 1.29 is 0 Å². The Morgan fingerprint density at radius 3 is 2.23 bits per heavy atom. The first-order valence-electron chi connectivity index (χ1n) is 5.70. The highest BCUT2D eigenvalue weighted by molar-refractivity contribution is 4.68. The molecule has 2 nitrogen and oxygen atoms in total. The van der Waals surface area contributed by atoms with Gasteiger partial charge in [-0.3, -0.25) is 0 Å². The second kappa shape index (κ2) is 8.52. The normalized spacial score (nSPS) is 15.7. The third kappa shape index (κ3) is 7.03. The van der Waals surface area contributed by atoms with Crippen molar-refractivity contribution in [1.82, 2.24) is 0 Å². The molecule has 0 saturated carbocycles. The minimum atomic E-state index is 0.371. The predicted octanol–water partition coefficient (Wildman–Crippen LogP) is 2.27. The molecule has 0 aliphatic carbocycles. The first-order chi connectivity index (χ1) is 6.24. The molecule has 4 N–H and O–H groups in total. The van der Waals surface area contributed by atoms with Crippen LogP contribution >= 0.6 is 0 Å². The quantitative estimate of drug-likeness (QED) is 0.611. The number of hydrogen-bond donors (Lipinski definition) is 2. The van der Waals surface area contributed by atoms with Crippen LogP contribution in [0.5, 0.6) is 0 Å². The highest BCUT2D eigenvalue weighted by Crippen LogP contribution is 2.14. The molecule has 0 aromatic rings. The van der Waals surface area contributed by atoms with Crippen LogP contribution in [0.1, 0.15) is 52.4 Å². The van der Waals surface area contributed by atoms with Crippen molar-refractivity contribution in [3.05, 3.63) is 0 Å². The summed E-state index contributed by atoms with van der Waals surface area (Å²) in [6.45, 7) is 5.21. The lowest BCUT2D eigenvalue weighted by Gasteiger charge is -2.18. The lowest BCUT2D eigenvalue weighted by Crippen LogP contribution is -2.27. The molecule has 0 aromatic heterocycles. The van der Waals surface area contributed by atoms with Crippen LogP contribution in [0.25, 0.3) is 0 Å². The van der Waals surface area contributed by atoms with Gasteiger partial charge in [0.2, 0.25) is 0 Å². The average molecular weight is 186 g/mol. The molecule has 0 heterocycles. The maximum atomic E-state index is 5.98. The maximum Gasteiger partial charge on any atom is 0.00418 e. The summed E-state index contributed by atoms with van der Waals surface area (Å²) in [4.78, 5) is 0. The smallest absolute Gasteiger partial charge is 0.00418 e. The Kier molecular flexibility index (Phi) is 8.46. The molecule has 13 heavy (non-hydrogen) atoms. The fourth-order valence-electron chi connectivity index (χ4n) is 1.74. The summed E-state index contributed by atoms with van der Waals surface area (Å²) in [6.07, 6.45) is 7.25. The molecule has 80 valence electrons. The molecule has 0 spiro atoms. The van der Waals surface area contributed by atoms with Crippen LogP contribution in [0.15, 0.2) is 0 Å². The molecule has 2 heteroatoms. The molecule has 2 atom stereocenters. The summed E-state index contributed by atoms with van der Waals surface area (Å²) < 4.78 is 0. The zero-order valence-electron chi connectivity index (χ0n) is 9.26. The second-order valence-electron chi connectivity index (χ2n) is 4.03. The molecule has 0 amide bonds. The van der Waals surface area contributed by atoms with E-state index in [0.29, 0.717) is 12.0 Å². The van der Waals surface area contributed by atoms with Crippen LogP contribution in [-0.2, 0) is 0 Å². The Balaban J connectivity index is 3.56. The van der Waals surface area contributed by atoms with E-state index in [1.165, 1.54) is 25.7 Å². The van der Waals surface area contributed by atoms with E-state index in [9.17, 15) is 0 Å². The Bertz CT molecular complexity index is 104. The van der Waals surface area contributed by atoms with Gasteiger partial charge in [0, 0.05) is 6.04 Å². The van der Waals surface area contributed by atoms with Crippen molar-refractivity contribution in [3.63, 3.8) is 0 Å². The summed E-state index contributed by atoms with van der Waals surface area (Å²) in [5.41, 5.74) is 11.7. The molecule has 2 unspecified atom stereocenters. The number of nitrogens with two attached hydrogens (primary N) is 2. The third-order valence-corrected chi connectivity index (χ3v) is 2.59. The SMILES string of the molecule is CCCCC(CN)CC(N)CCC. The van der Waals surface area contributed by atoms with Crippen molar-refractivity contribution >= 4 is 0 Å². The van der Waals surface area contributed by atoms with Gasteiger partial charge in [0.1, 0.15) is 0 Å². The van der Waals surface area contributed by atoms with Gasteiger partial charge in [-0.25, -0.2) is 0 Å². The fourth-order valence-corrected chi connectivity index (χ4v) is 1.74. The molecule has 0 bridgehead atoms. The number of rotatable bonds is 8. The van der Waals surface area contributed by atoms with Gasteiger partial charge in [0.05, 0.1) is 0 Å². The van der Waals surface area contributed by atoms with E-state index in [0.717, 1.165) is 19.4 Å². The van der Waals surface area contributed by atoms with Crippen LogP contribution in [-0.4, -0.2) is 12.6 Å². The number of unbranched alkanes of at least 4 members (excludes halogenated alkanes) is 1. The fraction of sp³-hybridized carbons (Fsp3) is 1.00. The van der Waals surface area contributed by atoms with Gasteiger partial charge >= 0.3 is 0 Å². The van der Waals surface area contributed by atoms with Gasteiger partial charge < -0.3 is 11.5 Å². The van der Waals surface area contributed by atoms with Crippen LogP contribution < -0.4 is 11.5 Å². The van der Waals surface area contributed by atoms with Gasteiger partial charge in [-0.1, -0.05) is 33.1 Å². The highest BCUT2D eigenvalue weighted by atomic mass is 14.6. The van der Waals surface area contributed by atoms with E-state index >= 15 is 0 Å². The maximum absolute atomic E-state index is 5.98. The molecule has 0 rings (SSSR count). The summed E-state index contributed by atoms with van der Waals surface area (Å²) in [5, 5.41) is 0. The van der Waals surface area contributed by atoms with Crippen molar-refractivity contribution in [2.45, 2.75) is 58.4 Å². The molecule has 0 aliphatic heterocycles. The lowest BCUT2D eigenvalue weighted by atomic mass is 9.93. The monoisotopic (exact) mass is 186 g/mol. The van der Waals surface area contributed by atoms with Crippen LogP contribution in [0.3, 0.4) is 0 Å². The topological polar surface area (TPSA) is 52.0 Å². The van der Waals surface area contributed by atoms with Crippen LogP contribution in [0, 0.1) is 5.92 Å². The van der Waals surface area contributed by atoms with Crippen molar-refractivity contribution in [1.29, 1.82) is 0 Å². The summed E-state index contributed by atoms with van der Waals surface area (Å²) in [5.74, 6) is 0.654. The number of hydrogen-bond acceptors (Lipinski definition) is 2. The molecule has 0 aromatic carbocycles. The van der Waals surface area contributed by atoms with Gasteiger partial charge in [-0.15, -0.1) is 0 Å². The summed E-state index contributed by atoms with van der Waals surface area (Å²) in [6, 6.07) is 0.371. The molecular weight excluding hydrogens is 160 g/mol. The first kappa shape index (κ1) is 12.9. The van der Waals surface area contributed by atoms with E-state index in [4.69, 9.17) is 11.5 Å². The van der Waals surface area contributed by atoms with Crippen LogP contribution in [0.4, 0.5) is 0 Å². The van der Waals surface area contributed by atoms with Gasteiger partial charge in [0.25, 0.3) is 0 Å².